The van der Waals surface area contributed by atoms with E-state index in [0.29, 0.717) is 11.5 Å². The lowest BCUT2D eigenvalue weighted by atomic mass is 9.56. The number of aliphatic imine (C=N–C) groups is 1. The molecular formula is C18H36IN3O2. The normalized spacial score (nSPS) is 30.6. The number of halogens is 1. The molecule has 2 unspecified atom stereocenters. The molecule has 142 valence electrons. The zero-order valence-electron chi connectivity index (χ0n) is 16.2. The summed E-state index contributed by atoms with van der Waals surface area (Å²) in [6.07, 6.45) is 6.05. The van der Waals surface area contributed by atoms with Gasteiger partial charge in [0.05, 0.1) is 5.60 Å². The highest BCUT2D eigenvalue weighted by atomic mass is 127. The van der Waals surface area contributed by atoms with Gasteiger partial charge in [0.2, 0.25) is 0 Å². The third-order valence-corrected chi connectivity index (χ3v) is 6.69. The van der Waals surface area contributed by atoms with Crippen LogP contribution in [-0.4, -0.2) is 52.0 Å². The largest absolute Gasteiger partial charge is 0.385 e. The van der Waals surface area contributed by atoms with Crippen LogP contribution in [0.2, 0.25) is 0 Å². The number of rotatable bonds is 7. The summed E-state index contributed by atoms with van der Waals surface area (Å²) in [5.74, 6) is 0.907. The summed E-state index contributed by atoms with van der Waals surface area (Å²) in [5.41, 5.74) is 0.421. The van der Waals surface area contributed by atoms with Crippen molar-refractivity contribution >= 4 is 29.9 Å². The molecule has 2 saturated carbocycles. The van der Waals surface area contributed by atoms with Gasteiger partial charge in [-0.25, -0.2) is 0 Å². The summed E-state index contributed by atoms with van der Waals surface area (Å²) < 4.78 is 11.0. The van der Waals surface area contributed by atoms with Crippen molar-refractivity contribution in [2.75, 3.05) is 34.4 Å². The lowest BCUT2D eigenvalue weighted by molar-refractivity contribution is -0.176. The zero-order chi connectivity index (χ0) is 17.1. The number of guanidine groups is 1. The van der Waals surface area contributed by atoms with Gasteiger partial charge >= 0.3 is 0 Å². The van der Waals surface area contributed by atoms with Crippen molar-refractivity contribution < 1.29 is 9.47 Å². The van der Waals surface area contributed by atoms with Crippen LogP contribution >= 0.6 is 24.0 Å². The number of nitrogens with zero attached hydrogens (tertiary/aromatic N) is 1. The smallest absolute Gasteiger partial charge is 0.191 e. The monoisotopic (exact) mass is 453 g/mol. The summed E-state index contributed by atoms with van der Waals surface area (Å²) in [7, 11) is 5.44. The van der Waals surface area contributed by atoms with Gasteiger partial charge in [0.15, 0.2) is 5.96 Å². The topological polar surface area (TPSA) is 54.9 Å². The summed E-state index contributed by atoms with van der Waals surface area (Å²) in [5, 5.41) is 7.13. The van der Waals surface area contributed by atoms with E-state index in [4.69, 9.17) is 9.47 Å². The molecule has 0 aromatic heterocycles. The Bertz CT molecular complexity index is 438. The second-order valence-corrected chi connectivity index (χ2v) is 8.08. The molecule has 24 heavy (non-hydrogen) atoms. The van der Waals surface area contributed by atoms with Crippen molar-refractivity contribution in [3.05, 3.63) is 0 Å². The Morgan fingerprint density at radius 1 is 1.21 bits per heavy atom. The van der Waals surface area contributed by atoms with Crippen molar-refractivity contribution in [3.8, 4) is 0 Å². The number of hydrogen-bond donors (Lipinski definition) is 2. The van der Waals surface area contributed by atoms with E-state index in [1.165, 1.54) is 19.3 Å². The molecule has 6 heteroatoms. The van der Waals surface area contributed by atoms with Crippen LogP contribution in [0.3, 0.4) is 0 Å². The Balaban J connectivity index is 0.00000288. The molecule has 2 atom stereocenters. The molecule has 2 aliphatic carbocycles. The maximum absolute atomic E-state index is 5.71. The van der Waals surface area contributed by atoms with E-state index in [-0.39, 0.29) is 35.0 Å². The minimum absolute atomic E-state index is 0. The van der Waals surface area contributed by atoms with Crippen LogP contribution in [0.1, 0.15) is 52.9 Å². The van der Waals surface area contributed by atoms with Gasteiger partial charge in [-0.05, 0) is 38.0 Å². The van der Waals surface area contributed by atoms with Crippen LogP contribution in [-0.2, 0) is 9.47 Å². The van der Waals surface area contributed by atoms with E-state index in [2.05, 4.69) is 36.4 Å². The first-order valence-corrected chi connectivity index (χ1v) is 8.84. The van der Waals surface area contributed by atoms with Crippen molar-refractivity contribution in [3.63, 3.8) is 0 Å². The number of ether oxygens (including phenoxy) is 2. The van der Waals surface area contributed by atoms with Gasteiger partial charge in [0.25, 0.3) is 0 Å². The van der Waals surface area contributed by atoms with E-state index >= 15 is 0 Å². The molecule has 0 radical (unpaired) electrons. The fraction of sp³-hybridized carbons (Fsp3) is 0.944. The Hall–Kier alpha value is -0.0800. The van der Waals surface area contributed by atoms with Gasteiger partial charge in [-0.15, -0.1) is 24.0 Å². The second-order valence-electron chi connectivity index (χ2n) is 8.08. The highest BCUT2D eigenvalue weighted by Gasteiger charge is 2.58. The summed E-state index contributed by atoms with van der Waals surface area (Å²) in [4.78, 5) is 4.41. The molecule has 2 aliphatic rings. The van der Waals surface area contributed by atoms with Crippen LogP contribution in [0.4, 0.5) is 0 Å². The van der Waals surface area contributed by atoms with Crippen LogP contribution in [0.5, 0.6) is 0 Å². The van der Waals surface area contributed by atoms with Crippen LogP contribution in [0.15, 0.2) is 4.99 Å². The number of hydrogen-bond acceptors (Lipinski definition) is 3. The minimum Gasteiger partial charge on any atom is -0.385 e. The van der Waals surface area contributed by atoms with E-state index in [0.717, 1.165) is 32.0 Å². The average molecular weight is 453 g/mol. The SMILES string of the molecule is CN=C(NCC1(CCOC)CCC1)NC1CC(C)(OC)C1(C)C.I. The molecule has 0 heterocycles. The van der Waals surface area contributed by atoms with Gasteiger partial charge in [-0.1, -0.05) is 20.3 Å². The van der Waals surface area contributed by atoms with E-state index in [1.54, 1.807) is 14.2 Å². The lowest BCUT2D eigenvalue weighted by Crippen LogP contribution is -2.69. The maximum atomic E-state index is 5.71. The predicted molar refractivity (Wildman–Crippen MR) is 110 cm³/mol. The Kier molecular flexibility index (Phi) is 7.81. The molecule has 0 bridgehead atoms. The molecule has 0 saturated heterocycles. The molecule has 0 amide bonds. The molecule has 0 aromatic carbocycles. The number of nitrogens with one attached hydrogen (secondary N) is 2. The van der Waals surface area contributed by atoms with Crippen LogP contribution < -0.4 is 10.6 Å². The first-order valence-electron chi connectivity index (χ1n) is 8.84. The van der Waals surface area contributed by atoms with Gasteiger partial charge in [0.1, 0.15) is 0 Å². The Morgan fingerprint density at radius 3 is 2.29 bits per heavy atom. The molecule has 2 N–H and O–H groups in total. The highest BCUT2D eigenvalue weighted by molar-refractivity contribution is 14.0. The zero-order valence-corrected chi connectivity index (χ0v) is 18.5. The Morgan fingerprint density at radius 2 is 1.88 bits per heavy atom. The Labute approximate surface area is 164 Å². The maximum Gasteiger partial charge on any atom is 0.191 e. The molecular weight excluding hydrogens is 417 g/mol. The fourth-order valence-electron chi connectivity index (χ4n) is 3.86. The fourth-order valence-corrected chi connectivity index (χ4v) is 3.86. The van der Waals surface area contributed by atoms with E-state index in [1.807, 2.05) is 7.05 Å². The summed E-state index contributed by atoms with van der Waals surface area (Å²) >= 11 is 0. The van der Waals surface area contributed by atoms with Crippen LogP contribution in [0.25, 0.3) is 0 Å². The molecule has 5 nitrogen and oxygen atoms in total. The first-order chi connectivity index (χ1) is 10.8. The third-order valence-electron chi connectivity index (χ3n) is 6.69. The second kappa shape index (κ2) is 8.54. The predicted octanol–water partition coefficient (Wildman–Crippen LogP) is 3.18. The quantitative estimate of drug-likeness (QED) is 0.353. The van der Waals surface area contributed by atoms with E-state index < -0.39 is 0 Å². The van der Waals surface area contributed by atoms with Crippen molar-refractivity contribution in [2.24, 2.45) is 15.8 Å². The number of methoxy groups -OCH3 is 2. The molecule has 0 aromatic rings. The lowest BCUT2D eigenvalue weighted by Gasteiger charge is -2.59. The highest BCUT2D eigenvalue weighted by Crippen LogP contribution is 2.51. The summed E-state index contributed by atoms with van der Waals surface area (Å²) in [6, 6.07) is 0.384. The first kappa shape index (κ1) is 22.0. The molecule has 2 rings (SSSR count). The summed E-state index contributed by atoms with van der Waals surface area (Å²) in [6.45, 7) is 8.53. The molecule has 0 aliphatic heterocycles. The van der Waals surface area contributed by atoms with Crippen LogP contribution in [0, 0.1) is 10.8 Å². The van der Waals surface area contributed by atoms with Crippen molar-refractivity contribution in [1.29, 1.82) is 0 Å². The van der Waals surface area contributed by atoms with Gasteiger partial charge < -0.3 is 20.1 Å². The average Bonchev–Trinajstić information content (AvgIpc) is 2.50. The van der Waals surface area contributed by atoms with Gasteiger partial charge in [-0.2, -0.15) is 0 Å². The van der Waals surface area contributed by atoms with Gasteiger partial charge in [0, 0.05) is 45.9 Å². The minimum atomic E-state index is -0.0584. The third kappa shape index (κ3) is 4.18. The van der Waals surface area contributed by atoms with E-state index in [9.17, 15) is 0 Å². The van der Waals surface area contributed by atoms with Gasteiger partial charge in [-0.3, -0.25) is 4.99 Å². The molecule has 0 spiro atoms. The molecule has 2 fully saturated rings. The standard InChI is InChI=1S/C18H35N3O2.HI/c1-16(2)14(12-17(16,3)23-6)21-15(19-4)20-13-18(8-7-9-18)10-11-22-5;/h14H,7-13H2,1-6H3,(H2,19,20,21);1H. The van der Waals surface area contributed by atoms with Crippen molar-refractivity contribution in [1.82, 2.24) is 10.6 Å². The van der Waals surface area contributed by atoms with Crippen molar-refractivity contribution in [2.45, 2.75) is 64.5 Å².